The van der Waals surface area contributed by atoms with Gasteiger partial charge in [-0.15, -0.1) is 0 Å². The van der Waals surface area contributed by atoms with Crippen molar-refractivity contribution in [2.45, 2.75) is 5.41 Å². The second-order valence-corrected chi connectivity index (χ2v) is 18.8. The predicted molar refractivity (Wildman–Crippen MR) is 290 cm³/mol. The van der Waals surface area contributed by atoms with Gasteiger partial charge in [0.05, 0.1) is 27.8 Å². The number of aromatic nitrogens is 1. The normalized spacial score (nSPS) is 14.3. The van der Waals surface area contributed by atoms with Gasteiger partial charge in [0.2, 0.25) is 0 Å². The minimum Gasteiger partial charge on any atom is -0.456 e. The van der Waals surface area contributed by atoms with Crippen molar-refractivity contribution >= 4 is 60.8 Å². The topological polar surface area (TPSA) is 21.3 Å². The Kier molecular flexibility index (Phi) is 8.28. The van der Waals surface area contributed by atoms with Crippen LogP contribution in [0.4, 0.5) is 17.1 Å². The summed E-state index contributed by atoms with van der Waals surface area (Å²) in [6.07, 6.45) is 0. The molecule has 70 heavy (non-hydrogen) atoms. The van der Waals surface area contributed by atoms with E-state index >= 15 is 0 Å². The summed E-state index contributed by atoms with van der Waals surface area (Å²) in [4.78, 5) is 2.48. The van der Waals surface area contributed by atoms with Crippen LogP contribution < -0.4 is 4.90 Å². The lowest BCUT2D eigenvalue weighted by Crippen LogP contribution is -2.33. The molecule has 15 rings (SSSR count). The van der Waals surface area contributed by atoms with Gasteiger partial charge >= 0.3 is 0 Å². The molecule has 0 bridgehead atoms. The zero-order chi connectivity index (χ0) is 45.9. The van der Waals surface area contributed by atoms with Gasteiger partial charge in [0, 0.05) is 38.5 Å². The van der Waals surface area contributed by atoms with Crippen LogP contribution in [0.3, 0.4) is 0 Å². The standard InChI is InChI=1S/C67H42N2O/c1-2-16-43(17-3-1)45-18-14-19-47(40-45)50-20-5-10-28-61(50)68(48-35-32-44(33-36-48)46-34-39-65-56(41-46)54-23-7-13-31-64(54)70-65)49-37-38-52-51-21-4-8-25-57(51)67(60(52)42-49)58-26-9-12-30-63(58)69-62-29-11-6-22-53(62)55-24-15-27-59(67)66(55)69/h1-42H. The SMILES string of the molecule is c1ccc(-c2cccc(-c3ccccc3N(c3ccc(-c4ccc5oc6ccccc6c5c4)cc3)c3ccc4c(c3)C3(c5ccccc5-4)c4ccccc4-n4c5ccccc5c5cccc3c54)c2)cc1. The molecule has 0 amide bonds. The molecule has 3 heterocycles. The summed E-state index contributed by atoms with van der Waals surface area (Å²) in [5, 5.41) is 4.80. The van der Waals surface area contributed by atoms with Gasteiger partial charge in [-0.1, -0.05) is 188 Å². The van der Waals surface area contributed by atoms with Gasteiger partial charge in [0.25, 0.3) is 0 Å². The van der Waals surface area contributed by atoms with E-state index in [1.807, 2.05) is 12.1 Å². The van der Waals surface area contributed by atoms with E-state index in [1.54, 1.807) is 0 Å². The number of hydrogen-bond donors (Lipinski definition) is 0. The molecule has 1 aliphatic heterocycles. The van der Waals surface area contributed by atoms with Gasteiger partial charge in [-0.3, -0.25) is 0 Å². The highest BCUT2D eigenvalue weighted by molar-refractivity contribution is 6.13. The summed E-state index contributed by atoms with van der Waals surface area (Å²) in [6, 6.07) is 93.8. The fraction of sp³-hybridized carbons (Fsp3) is 0.0149. The number of furan rings is 1. The van der Waals surface area contributed by atoms with Gasteiger partial charge in [-0.25, -0.2) is 0 Å². The van der Waals surface area contributed by atoms with Crippen molar-refractivity contribution in [1.82, 2.24) is 4.57 Å². The zero-order valence-corrected chi connectivity index (χ0v) is 38.1. The maximum atomic E-state index is 6.22. The summed E-state index contributed by atoms with van der Waals surface area (Å²) < 4.78 is 8.74. The van der Waals surface area contributed by atoms with Crippen LogP contribution in [-0.2, 0) is 5.41 Å². The number of hydrogen-bond acceptors (Lipinski definition) is 2. The summed E-state index contributed by atoms with van der Waals surface area (Å²) in [5.41, 5.74) is 22.9. The summed E-state index contributed by atoms with van der Waals surface area (Å²) in [6.45, 7) is 0. The Hall–Kier alpha value is -9.18. The fourth-order valence-corrected chi connectivity index (χ4v) is 12.2. The molecule has 1 atom stereocenters. The lowest BCUT2D eigenvalue weighted by Gasteiger charge is -2.40. The van der Waals surface area contributed by atoms with E-state index in [2.05, 4.69) is 252 Å². The molecule has 3 nitrogen and oxygen atoms in total. The second-order valence-electron chi connectivity index (χ2n) is 18.8. The van der Waals surface area contributed by atoms with Gasteiger partial charge in [0.1, 0.15) is 11.2 Å². The summed E-state index contributed by atoms with van der Waals surface area (Å²) >= 11 is 0. The molecule has 0 fully saturated rings. The first-order chi connectivity index (χ1) is 34.7. The monoisotopic (exact) mass is 890 g/mol. The Balaban J connectivity index is 0.968. The smallest absolute Gasteiger partial charge is 0.135 e. The molecule has 13 aromatic rings. The van der Waals surface area contributed by atoms with Crippen LogP contribution in [0.25, 0.3) is 93.9 Å². The number of para-hydroxylation sites is 5. The molecule has 3 heteroatoms. The molecule has 0 radical (unpaired) electrons. The third kappa shape index (κ3) is 5.46. The Labute approximate surface area is 405 Å². The zero-order valence-electron chi connectivity index (χ0n) is 38.1. The number of anilines is 3. The first-order valence-electron chi connectivity index (χ1n) is 24.2. The Morgan fingerprint density at radius 1 is 0.329 bits per heavy atom. The lowest BCUT2D eigenvalue weighted by molar-refractivity contribution is 0.669. The largest absolute Gasteiger partial charge is 0.456 e. The molecule has 0 N–H and O–H groups in total. The lowest BCUT2D eigenvalue weighted by atomic mass is 9.65. The van der Waals surface area contributed by atoms with Crippen molar-refractivity contribution in [2.75, 3.05) is 4.90 Å². The number of benzene rings is 11. The van der Waals surface area contributed by atoms with Gasteiger partial charge in [-0.05, 0) is 128 Å². The molecule has 1 aliphatic carbocycles. The van der Waals surface area contributed by atoms with Crippen LogP contribution in [0.5, 0.6) is 0 Å². The average molecular weight is 891 g/mol. The average Bonchev–Trinajstić information content (AvgIpc) is 4.08. The molecule has 0 saturated carbocycles. The highest BCUT2D eigenvalue weighted by Crippen LogP contribution is 2.62. The van der Waals surface area contributed by atoms with Gasteiger partial charge in [-0.2, -0.15) is 0 Å². The Morgan fingerprint density at radius 2 is 0.929 bits per heavy atom. The van der Waals surface area contributed by atoms with Crippen LogP contribution in [0, 0.1) is 0 Å². The van der Waals surface area contributed by atoms with E-state index in [9.17, 15) is 0 Å². The Bertz CT molecular complexity index is 4250. The third-order valence-electron chi connectivity index (χ3n) is 15.2. The Morgan fingerprint density at radius 3 is 1.83 bits per heavy atom. The minimum absolute atomic E-state index is 0.586. The maximum Gasteiger partial charge on any atom is 0.135 e. The molecule has 1 unspecified atom stereocenters. The molecule has 11 aromatic carbocycles. The van der Waals surface area contributed by atoms with Crippen LogP contribution in [0.15, 0.2) is 259 Å². The van der Waals surface area contributed by atoms with Crippen molar-refractivity contribution in [3.05, 3.63) is 277 Å². The molecule has 1 spiro atoms. The van der Waals surface area contributed by atoms with Crippen molar-refractivity contribution in [2.24, 2.45) is 0 Å². The quantitative estimate of drug-likeness (QED) is 0.166. The van der Waals surface area contributed by atoms with Crippen molar-refractivity contribution in [3.63, 3.8) is 0 Å². The molecule has 326 valence electrons. The highest BCUT2D eigenvalue weighted by Gasteiger charge is 2.51. The first-order valence-corrected chi connectivity index (χ1v) is 24.2. The van der Waals surface area contributed by atoms with Crippen molar-refractivity contribution in [3.8, 4) is 50.2 Å². The molecule has 0 saturated heterocycles. The number of nitrogens with zero attached hydrogens (tertiary/aromatic N) is 2. The second kappa shape index (κ2) is 14.9. The third-order valence-corrected chi connectivity index (χ3v) is 15.2. The summed E-state index contributed by atoms with van der Waals surface area (Å²) in [7, 11) is 0. The van der Waals surface area contributed by atoms with Crippen molar-refractivity contribution < 1.29 is 4.42 Å². The molecule has 2 aliphatic rings. The van der Waals surface area contributed by atoms with E-state index in [0.29, 0.717) is 0 Å². The van der Waals surface area contributed by atoms with E-state index in [-0.39, 0.29) is 0 Å². The minimum atomic E-state index is -0.586. The molecular formula is C67H42N2O. The van der Waals surface area contributed by atoms with Crippen molar-refractivity contribution in [1.29, 1.82) is 0 Å². The van der Waals surface area contributed by atoms with Gasteiger partial charge < -0.3 is 13.9 Å². The fourth-order valence-electron chi connectivity index (χ4n) is 12.2. The number of fused-ring (bicyclic) bond motifs is 15. The van der Waals surface area contributed by atoms with E-state index < -0.39 is 5.41 Å². The van der Waals surface area contributed by atoms with E-state index in [0.717, 1.165) is 61.3 Å². The maximum absolute atomic E-state index is 6.22. The van der Waals surface area contributed by atoms with Crippen LogP contribution in [0.1, 0.15) is 22.3 Å². The highest BCUT2D eigenvalue weighted by atomic mass is 16.3. The first kappa shape index (κ1) is 38.9. The van der Waals surface area contributed by atoms with E-state index in [1.165, 1.54) is 72.0 Å². The van der Waals surface area contributed by atoms with Crippen LogP contribution in [-0.4, -0.2) is 4.57 Å². The number of rotatable bonds is 6. The molecular weight excluding hydrogens is 849 g/mol. The predicted octanol–water partition coefficient (Wildman–Crippen LogP) is 17.8. The molecule has 2 aromatic heterocycles. The summed E-state index contributed by atoms with van der Waals surface area (Å²) in [5.74, 6) is 0. The van der Waals surface area contributed by atoms with Gasteiger partial charge in [0.15, 0.2) is 0 Å². The van der Waals surface area contributed by atoms with E-state index in [4.69, 9.17) is 4.42 Å². The van der Waals surface area contributed by atoms with Crippen LogP contribution >= 0.6 is 0 Å². The van der Waals surface area contributed by atoms with Crippen LogP contribution in [0.2, 0.25) is 0 Å².